The smallest absolute Gasteiger partial charge is 0.331 e. The summed E-state index contributed by atoms with van der Waals surface area (Å²) in [6, 6.07) is 0. The molecular formula is C17H24O7. The summed E-state index contributed by atoms with van der Waals surface area (Å²) in [5.41, 5.74) is -0.0463. The lowest BCUT2D eigenvalue weighted by Crippen LogP contribution is -2.57. The number of carbonyl (C=O) groups excluding carboxylic acids is 1. The molecule has 4 aliphatic heterocycles. The second kappa shape index (κ2) is 5.02. The van der Waals surface area contributed by atoms with Crippen LogP contribution in [0.1, 0.15) is 41.0 Å². The number of carbonyl (C=O) groups is 1. The van der Waals surface area contributed by atoms with Gasteiger partial charge in [-0.1, -0.05) is 5.57 Å². The molecule has 4 rings (SSSR count). The van der Waals surface area contributed by atoms with Gasteiger partial charge in [0.05, 0.1) is 6.61 Å². The van der Waals surface area contributed by atoms with Gasteiger partial charge in [0.15, 0.2) is 29.6 Å². The molecule has 1 spiro atoms. The van der Waals surface area contributed by atoms with Gasteiger partial charge >= 0.3 is 5.97 Å². The molecule has 0 aromatic rings. The Morgan fingerprint density at radius 1 is 1.04 bits per heavy atom. The van der Waals surface area contributed by atoms with Crippen LogP contribution in [0.15, 0.2) is 11.6 Å². The lowest BCUT2D eigenvalue weighted by atomic mass is 9.82. The van der Waals surface area contributed by atoms with E-state index in [4.69, 9.17) is 28.4 Å². The fourth-order valence-electron chi connectivity index (χ4n) is 4.11. The third-order valence-corrected chi connectivity index (χ3v) is 4.88. The van der Waals surface area contributed by atoms with Crippen LogP contribution in [0, 0.1) is 0 Å². The highest BCUT2D eigenvalue weighted by atomic mass is 16.9. The molecule has 0 N–H and O–H groups in total. The average Bonchev–Trinajstić information content (AvgIpc) is 3.00. The normalized spacial score (nSPS) is 46.0. The summed E-state index contributed by atoms with van der Waals surface area (Å²) in [7, 11) is 0. The van der Waals surface area contributed by atoms with Crippen LogP contribution in [-0.4, -0.2) is 54.4 Å². The number of rotatable bonds is 1. The van der Waals surface area contributed by atoms with E-state index in [1.807, 2.05) is 34.6 Å². The number of hydrogen-bond donors (Lipinski definition) is 0. The van der Waals surface area contributed by atoms with Crippen LogP contribution < -0.4 is 0 Å². The average molecular weight is 340 g/mol. The van der Waals surface area contributed by atoms with E-state index in [0.29, 0.717) is 13.0 Å². The topological polar surface area (TPSA) is 72.5 Å². The molecule has 0 aliphatic carbocycles. The molecule has 7 nitrogen and oxygen atoms in total. The van der Waals surface area contributed by atoms with E-state index in [-0.39, 0.29) is 12.1 Å². The lowest BCUT2D eigenvalue weighted by molar-refractivity contribution is -0.252. The summed E-state index contributed by atoms with van der Waals surface area (Å²) in [6.07, 6.45) is 0.0441. The summed E-state index contributed by atoms with van der Waals surface area (Å²) in [6.45, 7) is 9.62. The Bertz CT molecular complexity index is 596. The van der Waals surface area contributed by atoms with Crippen molar-refractivity contribution in [2.24, 2.45) is 0 Å². The van der Waals surface area contributed by atoms with Crippen molar-refractivity contribution < 1.29 is 33.2 Å². The molecule has 4 heterocycles. The van der Waals surface area contributed by atoms with Crippen LogP contribution in [0.3, 0.4) is 0 Å². The van der Waals surface area contributed by atoms with E-state index >= 15 is 0 Å². The second-order valence-electron chi connectivity index (χ2n) is 7.89. The molecule has 134 valence electrons. The number of hydrogen-bond acceptors (Lipinski definition) is 7. The summed E-state index contributed by atoms with van der Waals surface area (Å²) < 4.78 is 35.5. The van der Waals surface area contributed by atoms with Crippen molar-refractivity contribution in [3.05, 3.63) is 11.6 Å². The lowest BCUT2D eigenvalue weighted by Gasteiger charge is -2.41. The van der Waals surface area contributed by atoms with Crippen molar-refractivity contribution in [2.45, 2.75) is 82.8 Å². The Kier molecular flexibility index (Phi) is 3.44. The molecule has 3 fully saturated rings. The van der Waals surface area contributed by atoms with E-state index in [1.165, 1.54) is 6.08 Å². The fourth-order valence-corrected chi connectivity index (χ4v) is 4.11. The van der Waals surface area contributed by atoms with Crippen LogP contribution in [0.2, 0.25) is 0 Å². The minimum Gasteiger partial charge on any atom is -0.450 e. The molecule has 24 heavy (non-hydrogen) atoms. The molecular weight excluding hydrogens is 316 g/mol. The molecule has 0 amide bonds. The minimum atomic E-state index is -0.969. The van der Waals surface area contributed by atoms with Gasteiger partial charge in [-0.25, -0.2) is 4.79 Å². The van der Waals surface area contributed by atoms with E-state index in [9.17, 15) is 4.79 Å². The summed E-state index contributed by atoms with van der Waals surface area (Å²) in [5.74, 6) is -1.88. The van der Waals surface area contributed by atoms with E-state index in [0.717, 1.165) is 5.57 Å². The quantitative estimate of drug-likeness (QED) is 0.672. The van der Waals surface area contributed by atoms with Crippen molar-refractivity contribution in [1.29, 1.82) is 0 Å². The SMILES string of the molecule is CC1=CC(=O)O[C@]2(C1)[C@@H]([C@@H]1COC(C)(C)O1)O[C@@H]1OC(C)(C)O[C@@H]12. The Labute approximate surface area is 141 Å². The summed E-state index contributed by atoms with van der Waals surface area (Å²) in [4.78, 5) is 12.1. The van der Waals surface area contributed by atoms with Crippen molar-refractivity contribution in [2.75, 3.05) is 6.61 Å². The van der Waals surface area contributed by atoms with Crippen LogP contribution in [0.4, 0.5) is 0 Å². The maximum absolute atomic E-state index is 12.1. The monoisotopic (exact) mass is 340 g/mol. The first kappa shape index (κ1) is 16.5. The zero-order valence-corrected chi connectivity index (χ0v) is 14.7. The van der Waals surface area contributed by atoms with E-state index in [2.05, 4.69) is 0 Å². The predicted octanol–water partition coefficient (Wildman–Crippen LogP) is 1.65. The number of ether oxygens (including phenoxy) is 6. The zero-order valence-electron chi connectivity index (χ0n) is 14.7. The molecule has 5 atom stereocenters. The Hall–Kier alpha value is -0.990. The van der Waals surface area contributed by atoms with E-state index in [1.54, 1.807) is 0 Å². The largest absolute Gasteiger partial charge is 0.450 e. The molecule has 0 aromatic carbocycles. The van der Waals surface area contributed by atoms with Crippen molar-refractivity contribution >= 4 is 5.97 Å². The standard InChI is InChI=1S/C17H24O7/c1-9-6-11(18)22-17(7-9)12(10-8-19-15(2,3)21-10)20-14-13(17)23-16(4,5)24-14/h6,10,12-14H,7-8H2,1-5H3/t10-,12+,13-,14+,17+/m0/s1. The Balaban J connectivity index is 1.70. The van der Waals surface area contributed by atoms with Gasteiger partial charge in [-0.15, -0.1) is 0 Å². The molecule has 4 aliphatic rings. The molecule has 3 saturated heterocycles. The Morgan fingerprint density at radius 3 is 2.42 bits per heavy atom. The van der Waals surface area contributed by atoms with Crippen molar-refractivity contribution in [3.8, 4) is 0 Å². The van der Waals surface area contributed by atoms with Crippen LogP contribution >= 0.6 is 0 Å². The third kappa shape index (κ3) is 2.50. The first-order valence-electron chi connectivity index (χ1n) is 8.33. The van der Waals surface area contributed by atoms with E-state index < -0.39 is 35.7 Å². The maximum Gasteiger partial charge on any atom is 0.331 e. The highest BCUT2D eigenvalue weighted by molar-refractivity contribution is 5.84. The molecule has 0 bridgehead atoms. The van der Waals surface area contributed by atoms with Crippen LogP contribution in [-0.2, 0) is 33.2 Å². The van der Waals surface area contributed by atoms with Gasteiger partial charge in [-0.3, -0.25) is 0 Å². The van der Waals surface area contributed by atoms with Gasteiger partial charge in [0.1, 0.15) is 12.2 Å². The summed E-state index contributed by atoms with van der Waals surface area (Å²) >= 11 is 0. The highest BCUT2D eigenvalue weighted by Crippen LogP contribution is 2.51. The second-order valence-corrected chi connectivity index (χ2v) is 7.89. The number of esters is 1. The first-order chi connectivity index (χ1) is 11.1. The zero-order chi connectivity index (χ0) is 17.3. The van der Waals surface area contributed by atoms with Crippen molar-refractivity contribution in [1.82, 2.24) is 0 Å². The van der Waals surface area contributed by atoms with Gasteiger partial charge in [-0.05, 0) is 34.6 Å². The van der Waals surface area contributed by atoms with Gasteiger partial charge in [0.2, 0.25) is 0 Å². The molecule has 0 saturated carbocycles. The minimum absolute atomic E-state index is 0.361. The molecule has 7 heteroatoms. The maximum atomic E-state index is 12.1. The van der Waals surface area contributed by atoms with Crippen LogP contribution in [0.25, 0.3) is 0 Å². The first-order valence-corrected chi connectivity index (χ1v) is 8.33. The fraction of sp³-hybridized carbons (Fsp3) is 0.824. The summed E-state index contributed by atoms with van der Waals surface area (Å²) in [5, 5.41) is 0. The van der Waals surface area contributed by atoms with Gasteiger partial charge in [0.25, 0.3) is 0 Å². The molecule has 0 radical (unpaired) electrons. The predicted molar refractivity (Wildman–Crippen MR) is 80.8 cm³/mol. The molecule has 0 unspecified atom stereocenters. The molecule has 0 aromatic heterocycles. The third-order valence-electron chi connectivity index (χ3n) is 4.88. The Morgan fingerprint density at radius 2 is 1.79 bits per heavy atom. The van der Waals surface area contributed by atoms with Gasteiger partial charge in [-0.2, -0.15) is 0 Å². The van der Waals surface area contributed by atoms with Gasteiger partial charge in [0, 0.05) is 12.5 Å². The van der Waals surface area contributed by atoms with Gasteiger partial charge < -0.3 is 28.4 Å². The van der Waals surface area contributed by atoms with Crippen LogP contribution in [0.5, 0.6) is 0 Å². The number of fused-ring (bicyclic) bond motifs is 2. The van der Waals surface area contributed by atoms with Crippen molar-refractivity contribution in [3.63, 3.8) is 0 Å². The highest BCUT2D eigenvalue weighted by Gasteiger charge is 2.69.